The van der Waals surface area contributed by atoms with E-state index < -0.39 is 0 Å². The Kier molecular flexibility index (Phi) is 421. The van der Waals surface area contributed by atoms with Crippen LogP contribution in [0, 0.1) is 41.7 Å². The van der Waals surface area contributed by atoms with Gasteiger partial charge in [0.2, 0.25) is 0 Å². The zero-order valence-electron chi connectivity index (χ0n) is 2.30. The van der Waals surface area contributed by atoms with Gasteiger partial charge < -0.3 is 16.4 Å². The average molecular weight is 233 g/mol. The molecule has 0 aliphatic rings. The third kappa shape index (κ3) is 23.1. The van der Waals surface area contributed by atoms with Crippen LogP contribution >= 0.6 is 0 Å². The quantitative estimate of drug-likeness (QED) is 0.547. The Bertz CT molecular complexity index is 6.85. The van der Waals surface area contributed by atoms with E-state index in [4.69, 9.17) is 0 Å². The van der Waals surface area contributed by atoms with Gasteiger partial charge >= 0.3 is 67.6 Å². The Hall–Kier alpha value is 2.13. The normalized spacial score (nSPS) is 0. The van der Waals surface area contributed by atoms with Gasteiger partial charge in [0.05, 0.1) is 0 Å². The maximum Gasteiger partial charge on any atom is 3.00 e. The van der Waals surface area contributed by atoms with Crippen molar-refractivity contribution in [2.75, 3.05) is 0 Å². The molecule has 0 aromatic carbocycles. The molecule has 5 heteroatoms. The number of hydrogen-bond donors (Lipinski definition) is 0. The van der Waals surface area contributed by atoms with Gasteiger partial charge in [-0.05, 0) is 0 Å². The predicted octanol–water partition coefficient (Wildman–Crippen LogP) is -0.359. The minimum Gasteiger partial charge on any atom is -2.00 e. The first-order valence-electron chi connectivity index (χ1n) is 0. The van der Waals surface area contributed by atoms with Crippen molar-refractivity contribution < 1.29 is 84.0 Å². The summed E-state index contributed by atoms with van der Waals surface area (Å²) in [4.78, 5) is 0. The Morgan fingerprint density at radius 3 is 0.600 bits per heavy atom. The Morgan fingerprint density at radius 2 is 0.600 bits per heavy atom. The van der Waals surface area contributed by atoms with E-state index in [9.17, 15) is 0 Å². The average Bonchev–Trinajstić information content (AvgIpc) is 0. The van der Waals surface area contributed by atoms with E-state index in [0.717, 1.165) is 0 Å². The molecule has 0 aliphatic carbocycles. The largest absolute Gasteiger partial charge is 3.00 e. The first kappa shape index (κ1) is 59.1. The molecule has 0 saturated carbocycles. The van der Waals surface area contributed by atoms with Crippen LogP contribution in [0.2, 0.25) is 0 Å². The molecule has 3 nitrogen and oxygen atoms in total. The van der Waals surface area contributed by atoms with Crippen LogP contribution in [0.15, 0.2) is 0 Å². The van der Waals surface area contributed by atoms with Gasteiger partial charge in [-0.1, -0.05) is 0 Å². The molecule has 5 heavy (non-hydrogen) atoms. The molecule has 0 amide bonds. The summed E-state index contributed by atoms with van der Waals surface area (Å²) < 4.78 is 0. The Labute approximate surface area is 82.6 Å². The van der Waals surface area contributed by atoms with Crippen molar-refractivity contribution in [3.05, 3.63) is 0 Å². The topological polar surface area (TPSA) is 85.5 Å². The van der Waals surface area contributed by atoms with E-state index >= 15 is 0 Å². The molecule has 0 aliphatic heterocycles. The van der Waals surface area contributed by atoms with Crippen molar-refractivity contribution >= 4 is 0 Å². The molecular formula is CeO3Sc. The van der Waals surface area contributed by atoms with Crippen molar-refractivity contribution in [2.45, 2.75) is 0 Å². The van der Waals surface area contributed by atoms with Crippen LogP contribution in [0.4, 0.5) is 0 Å². The summed E-state index contributed by atoms with van der Waals surface area (Å²) in [6.45, 7) is 0. The molecule has 0 rings (SSSR count). The third-order valence-corrected chi connectivity index (χ3v) is 0. The molecule has 0 spiro atoms. The first-order valence-corrected chi connectivity index (χ1v) is 0. The SMILES string of the molecule is [Ce+3].[O-2].[O-2].[O-2].[Sc+3]. The maximum absolute atomic E-state index is 0. The fourth-order valence-corrected chi connectivity index (χ4v) is 0. The third-order valence-electron chi connectivity index (χ3n) is 0. The van der Waals surface area contributed by atoms with Crippen LogP contribution < -0.4 is 0 Å². The summed E-state index contributed by atoms with van der Waals surface area (Å²) in [5.74, 6) is 0. The molecule has 0 heterocycles. The molecule has 25 valence electrons. The van der Waals surface area contributed by atoms with Crippen LogP contribution in [0.1, 0.15) is 0 Å². The maximum atomic E-state index is 0. The van der Waals surface area contributed by atoms with Gasteiger partial charge in [-0.25, -0.2) is 0 Å². The fourth-order valence-electron chi connectivity index (χ4n) is 0. The van der Waals surface area contributed by atoms with E-state index in [1.54, 1.807) is 0 Å². The van der Waals surface area contributed by atoms with Crippen molar-refractivity contribution in [3.8, 4) is 0 Å². The van der Waals surface area contributed by atoms with Crippen LogP contribution in [-0.4, -0.2) is 0 Å². The Balaban J connectivity index is 0. The smallest absolute Gasteiger partial charge is 2.00 e. The molecule has 0 unspecified atom stereocenters. The minimum atomic E-state index is 0. The van der Waals surface area contributed by atoms with Crippen LogP contribution in [0.3, 0.4) is 0 Å². The molecule has 0 saturated heterocycles. The molecule has 0 aromatic heterocycles. The second-order valence-electron chi connectivity index (χ2n) is 0. The number of rotatable bonds is 0. The van der Waals surface area contributed by atoms with Crippen molar-refractivity contribution in [1.29, 1.82) is 0 Å². The standard InChI is InChI=1S/Ce.3O.Sc/q+3;3*-2;+3. The summed E-state index contributed by atoms with van der Waals surface area (Å²) in [5.41, 5.74) is 0. The summed E-state index contributed by atoms with van der Waals surface area (Å²) in [5, 5.41) is 0. The Morgan fingerprint density at radius 1 is 0.600 bits per heavy atom. The van der Waals surface area contributed by atoms with E-state index in [-0.39, 0.29) is 84.0 Å². The van der Waals surface area contributed by atoms with Gasteiger partial charge in [-0.3, -0.25) is 0 Å². The number of hydrogen-bond acceptors (Lipinski definition) is 0. The van der Waals surface area contributed by atoms with Gasteiger partial charge in [0, 0.05) is 0 Å². The zero-order chi connectivity index (χ0) is 0. The van der Waals surface area contributed by atoms with Crippen LogP contribution in [0.25, 0.3) is 0 Å². The van der Waals surface area contributed by atoms with Crippen molar-refractivity contribution in [3.63, 3.8) is 0 Å². The van der Waals surface area contributed by atoms with Gasteiger partial charge in [0.1, 0.15) is 0 Å². The molecule has 1 radical (unpaired) electrons. The summed E-state index contributed by atoms with van der Waals surface area (Å²) in [7, 11) is 0. The molecule has 0 bridgehead atoms. The van der Waals surface area contributed by atoms with Crippen molar-refractivity contribution in [1.82, 2.24) is 0 Å². The molecule has 0 aromatic rings. The molecular weight excluding hydrogens is 233 g/mol. The molecule has 0 N–H and O–H groups in total. The fraction of sp³-hybridized carbons (Fsp3) is 0. The van der Waals surface area contributed by atoms with Crippen molar-refractivity contribution in [2.24, 2.45) is 0 Å². The molecule has 0 atom stereocenters. The molecule has 0 fully saturated rings. The zero-order valence-corrected chi connectivity index (χ0v) is 7.25. The van der Waals surface area contributed by atoms with Gasteiger partial charge in [-0.2, -0.15) is 0 Å². The van der Waals surface area contributed by atoms with E-state index in [0.29, 0.717) is 0 Å². The van der Waals surface area contributed by atoms with Crippen LogP contribution in [0.5, 0.6) is 0 Å². The van der Waals surface area contributed by atoms with E-state index in [1.165, 1.54) is 0 Å². The summed E-state index contributed by atoms with van der Waals surface area (Å²) >= 11 is 0. The van der Waals surface area contributed by atoms with Crippen LogP contribution in [-0.2, 0) is 42.3 Å². The van der Waals surface area contributed by atoms with E-state index in [2.05, 4.69) is 0 Å². The monoisotopic (exact) mass is 233 g/mol. The summed E-state index contributed by atoms with van der Waals surface area (Å²) in [6.07, 6.45) is 0. The van der Waals surface area contributed by atoms with E-state index in [1.807, 2.05) is 0 Å². The minimum absolute atomic E-state index is 0. The van der Waals surface area contributed by atoms with Gasteiger partial charge in [0.25, 0.3) is 0 Å². The predicted molar refractivity (Wildman–Crippen MR) is 2.06 cm³/mol. The van der Waals surface area contributed by atoms with Gasteiger partial charge in [-0.15, -0.1) is 0 Å². The first-order chi connectivity index (χ1) is 0. The summed E-state index contributed by atoms with van der Waals surface area (Å²) in [6, 6.07) is 0. The second-order valence-corrected chi connectivity index (χ2v) is 0. The van der Waals surface area contributed by atoms with Gasteiger partial charge in [0.15, 0.2) is 0 Å². The second kappa shape index (κ2) is 35.6.